The number of halogens is 1. The molecule has 1 atom stereocenters. The quantitative estimate of drug-likeness (QED) is 0.743. The molecule has 0 bridgehead atoms. The number of methoxy groups -OCH3 is 1. The Bertz CT molecular complexity index is 1040. The number of nitrogens with one attached hydrogen (secondary N) is 1. The number of carbonyl (C=O) groups is 2. The fraction of sp³-hybridized carbons (Fsp3) is 0.286. The third-order valence-electron chi connectivity index (χ3n) is 5.10. The second-order valence-corrected chi connectivity index (χ2v) is 8.08. The van der Waals surface area contributed by atoms with Crippen LogP contribution in [-0.2, 0) is 14.3 Å². The second kappa shape index (κ2) is 7.53. The van der Waals surface area contributed by atoms with Gasteiger partial charge in [-0.25, -0.2) is 9.78 Å². The Morgan fingerprint density at radius 3 is 2.86 bits per heavy atom. The lowest BCUT2D eigenvalue weighted by atomic mass is 9.77. The van der Waals surface area contributed by atoms with Crippen LogP contribution in [0, 0.1) is 0 Å². The van der Waals surface area contributed by atoms with Crippen molar-refractivity contribution in [3.8, 4) is 10.6 Å². The van der Waals surface area contributed by atoms with Crippen LogP contribution in [0.3, 0.4) is 0 Å². The number of aromatic nitrogens is 1. The van der Waals surface area contributed by atoms with E-state index in [1.165, 1.54) is 18.4 Å². The topological polar surface area (TPSA) is 68.3 Å². The number of ether oxygens (including phenoxy) is 1. The van der Waals surface area contributed by atoms with Gasteiger partial charge in [0.25, 0.3) is 0 Å². The number of rotatable bonds is 3. The Morgan fingerprint density at radius 2 is 2.11 bits per heavy atom. The molecule has 1 aromatic carbocycles. The second-order valence-electron chi connectivity index (χ2n) is 6.81. The monoisotopic (exact) mass is 414 g/mol. The van der Waals surface area contributed by atoms with Crippen molar-refractivity contribution in [3.63, 3.8) is 0 Å². The Kier molecular flexibility index (Phi) is 5.08. The Balaban J connectivity index is 1.85. The fourth-order valence-corrected chi connectivity index (χ4v) is 5.00. The van der Waals surface area contributed by atoms with E-state index >= 15 is 0 Å². The molecule has 2 heterocycles. The van der Waals surface area contributed by atoms with Gasteiger partial charge in [0.05, 0.1) is 29.3 Å². The zero-order chi connectivity index (χ0) is 19.8. The van der Waals surface area contributed by atoms with E-state index in [1.807, 2.05) is 36.6 Å². The molecule has 1 aromatic heterocycles. The van der Waals surface area contributed by atoms with Gasteiger partial charge in [0, 0.05) is 34.3 Å². The zero-order valence-corrected chi connectivity index (χ0v) is 17.1. The molecule has 7 heteroatoms. The molecule has 4 rings (SSSR count). The maximum Gasteiger partial charge on any atom is 0.336 e. The van der Waals surface area contributed by atoms with E-state index in [2.05, 4.69) is 5.32 Å². The number of ketones is 1. The molecule has 2 aliphatic rings. The van der Waals surface area contributed by atoms with Gasteiger partial charge in [0.15, 0.2) is 5.78 Å². The molecule has 0 amide bonds. The number of hydrogen-bond donors (Lipinski definition) is 1. The fourth-order valence-electron chi connectivity index (χ4n) is 3.84. The number of carbonyl (C=O) groups excluding carboxylic acids is 2. The summed E-state index contributed by atoms with van der Waals surface area (Å²) in [7, 11) is 1.35. The van der Waals surface area contributed by atoms with E-state index in [-0.39, 0.29) is 5.78 Å². The molecule has 2 aromatic rings. The van der Waals surface area contributed by atoms with Crippen molar-refractivity contribution in [2.24, 2.45) is 0 Å². The minimum Gasteiger partial charge on any atom is -0.466 e. The van der Waals surface area contributed by atoms with Crippen LogP contribution in [0.1, 0.15) is 37.8 Å². The van der Waals surface area contributed by atoms with Crippen LogP contribution in [0.15, 0.2) is 52.2 Å². The normalized spacial score (nSPS) is 19.4. The Labute approximate surface area is 172 Å². The molecule has 1 aliphatic carbocycles. The van der Waals surface area contributed by atoms with Crippen LogP contribution >= 0.6 is 22.9 Å². The molecule has 1 aliphatic heterocycles. The molecule has 0 saturated heterocycles. The average molecular weight is 415 g/mol. The summed E-state index contributed by atoms with van der Waals surface area (Å²) in [6.07, 6.45) is 2.07. The summed E-state index contributed by atoms with van der Waals surface area (Å²) < 4.78 is 5.02. The number of benzene rings is 1. The summed E-state index contributed by atoms with van der Waals surface area (Å²) >= 11 is 7.77. The molecule has 144 valence electrons. The number of allylic oxidation sites excluding steroid dienone is 3. The van der Waals surface area contributed by atoms with E-state index in [0.717, 1.165) is 29.1 Å². The number of thiazole rings is 1. The highest BCUT2D eigenvalue weighted by atomic mass is 35.5. The van der Waals surface area contributed by atoms with Crippen LogP contribution in [0.5, 0.6) is 0 Å². The van der Waals surface area contributed by atoms with E-state index in [9.17, 15) is 9.59 Å². The van der Waals surface area contributed by atoms with Crippen LogP contribution < -0.4 is 5.32 Å². The van der Waals surface area contributed by atoms with Gasteiger partial charge in [-0.2, -0.15) is 0 Å². The predicted molar refractivity (Wildman–Crippen MR) is 109 cm³/mol. The third-order valence-corrected chi connectivity index (χ3v) is 6.33. The lowest BCUT2D eigenvalue weighted by Gasteiger charge is -2.33. The Morgan fingerprint density at radius 1 is 1.32 bits per heavy atom. The van der Waals surface area contributed by atoms with Crippen molar-refractivity contribution in [2.75, 3.05) is 7.11 Å². The first kappa shape index (κ1) is 18.9. The number of dihydropyridines is 1. The summed E-state index contributed by atoms with van der Waals surface area (Å²) in [6.45, 7) is 1.84. The molecular weight excluding hydrogens is 396 g/mol. The van der Waals surface area contributed by atoms with Gasteiger partial charge < -0.3 is 10.1 Å². The molecule has 0 radical (unpaired) electrons. The van der Waals surface area contributed by atoms with Crippen molar-refractivity contribution >= 4 is 34.7 Å². The first-order valence-corrected chi connectivity index (χ1v) is 10.3. The van der Waals surface area contributed by atoms with Crippen LogP contribution in [0.25, 0.3) is 10.6 Å². The lowest BCUT2D eigenvalue weighted by molar-refractivity contribution is -0.136. The summed E-state index contributed by atoms with van der Waals surface area (Å²) in [5, 5.41) is 6.52. The van der Waals surface area contributed by atoms with E-state index in [0.29, 0.717) is 34.0 Å². The lowest BCUT2D eigenvalue weighted by Crippen LogP contribution is -2.34. The van der Waals surface area contributed by atoms with Crippen molar-refractivity contribution in [3.05, 3.63) is 62.9 Å². The van der Waals surface area contributed by atoms with Crippen LogP contribution in [0.2, 0.25) is 5.02 Å². The van der Waals surface area contributed by atoms with Crippen molar-refractivity contribution in [2.45, 2.75) is 32.1 Å². The molecule has 5 nitrogen and oxygen atoms in total. The molecule has 0 saturated carbocycles. The standard InChI is InChI=1S/C21H19ClN2O3S/c1-11-17(21(26)27-2)19(18-14(23-11)8-5-9-16(18)25)15-10-28-20(24-15)12-6-3-4-7-13(12)22/h3-4,6-7,10,19,23H,5,8-9H2,1-2H3. The van der Waals surface area contributed by atoms with Crippen molar-refractivity contribution in [1.82, 2.24) is 10.3 Å². The minimum atomic E-state index is -0.524. The number of hydrogen-bond acceptors (Lipinski definition) is 6. The zero-order valence-electron chi connectivity index (χ0n) is 15.5. The predicted octanol–water partition coefficient (Wildman–Crippen LogP) is 4.60. The highest BCUT2D eigenvalue weighted by Crippen LogP contribution is 2.43. The molecule has 0 spiro atoms. The average Bonchev–Trinajstić information content (AvgIpc) is 3.16. The van der Waals surface area contributed by atoms with E-state index in [4.69, 9.17) is 21.3 Å². The van der Waals surface area contributed by atoms with E-state index in [1.54, 1.807) is 0 Å². The molecule has 1 N–H and O–H groups in total. The van der Waals surface area contributed by atoms with Crippen molar-refractivity contribution in [1.29, 1.82) is 0 Å². The minimum absolute atomic E-state index is 0.0555. The van der Waals surface area contributed by atoms with Crippen LogP contribution in [-0.4, -0.2) is 23.8 Å². The number of esters is 1. The maximum atomic E-state index is 12.8. The molecule has 1 unspecified atom stereocenters. The van der Waals surface area contributed by atoms with Gasteiger partial charge in [0.2, 0.25) is 0 Å². The molecule has 0 fully saturated rings. The highest BCUT2D eigenvalue weighted by Gasteiger charge is 2.40. The van der Waals surface area contributed by atoms with Gasteiger partial charge in [-0.1, -0.05) is 29.8 Å². The van der Waals surface area contributed by atoms with Gasteiger partial charge in [-0.15, -0.1) is 11.3 Å². The van der Waals surface area contributed by atoms with Gasteiger partial charge in [0.1, 0.15) is 5.01 Å². The maximum absolute atomic E-state index is 12.8. The summed E-state index contributed by atoms with van der Waals surface area (Å²) in [5.41, 5.74) is 4.17. The largest absolute Gasteiger partial charge is 0.466 e. The SMILES string of the molecule is COC(=O)C1=C(C)NC2=C(C(=O)CCC2)C1c1csc(-c2ccccc2Cl)n1. The molecular formula is C21H19ClN2O3S. The first-order valence-electron chi connectivity index (χ1n) is 9.04. The van der Waals surface area contributed by atoms with Crippen LogP contribution in [0.4, 0.5) is 0 Å². The summed E-state index contributed by atoms with van der Waals surface area (Å²) in [5.74, 6) is -0.920. The first-order chi connectivity index (χ1) is 13.5. The smallest absolute Gasteiger partial charge is 0.336 e. The van der Waals surface area contributed by atoms with Gasteiger partial charge in [-0.05, 0) is 25.8 Å². The summed E-state index contributed by atoms with van der Waals surface area (Å²) in [4.78, 5) is 30.1. The molecule has 28 heavy (non-hydrogen) atoms. The van der Waals surface area contributed by atoms with E-state index < -0.39 is 11.9 Å². The summed E-state index contributed by atoms with van der Waals surface area (Å²) in [6, 6.07) is 7.50. The van der Waals surface area contributed by atoms with Gasteiger partial charge >= 0.3 is 5.97 Å². The van der Waals surface area contributed by atoms with Crippen molar-refractivity contribution < 1.29 is 14.3 Å². The Hall–Kier alpha value is -2.44. The number of Topliss-reactive ketones (excluding diaryl/α,β-unsaturated/α-hetero) is 1. The van der Waals surface area contributed by atoms with Gasteiger partial charge in [-0.3, -0.25) is 4.79 Å². The third kappa shape index (κ3) is 3.16. The number of nitrogens with zero attached hydrogens (tertiary/aromatic N) is 1. The highest BCUT2D eigenvalue weighted by molar-refractivity contribution is 7.13.